The van der Waals surface area contributed by atoms with E-state index in [0.29, 0.717) is 13.0 Å². The zero-order valence-corrected chi connectivity index (χ0v) is 11.1. The summed E-state index contributed by atoms with van der Waals surface area (Å²) in [5.74, 6) is 0.833. The molecule has 1 N–H and O–H groups in total. The van der Waals surface area contributed by atoms with Gasteiger partial charge in [0, 0.05) is 13.1 Å². The zero-order chi connectivity index (χ0) is 13.5. The Morgan fingerprint density at radius 3 is 2.84 bits per heavy atom. The van der Waals surface area contributed by atoms with Crippen LogP contribution >= 0.6 is 0 Å². The van der Waals surface area contributed by atoms with Gasteiger partial charge in [0.2, 0.25) is 0 Å². The van der Waals surface area contributed by atoms with E-state index < -0.39 is 0 Å². The largest absolute Gasteiger partial charge is 0.492 e. The standard InChI is InChI=1S/C15H20N2O2/c16-8-7-13-3-5-15(6-4-13)19-11-10-17-9-1-2-14(18)12-17/h3-6,14,18H,1-2,7,9-12H2. The van der Waals surface area contributed by atoms with Crippen LogP contribution in [0.4, 0.5) is 0 Å². The van der Waals surface area contributed by atoms with Crippen molar-refractivity contribution in [1.82, 2.24) is 4.90 Å². The van der Waals surface area contributed by atoms with E-state index in [2.05, 4.69) is 11.0 Å². The molecule has 0 radical (unpaired) electrons. The first-order chi connectivity index (χ1) is 9.28. The molecule has 0 aliphatic carbocycles. The molecule has 19 heavy (non-hydrogen) atoms. The van der Waals surface area contributed by atoms with Gasteiger partial charge in [0.15, 0.2) is 0 Å². The van der Waals surface area contributed by atoms with Crippen molar-refractivity contribution in [1.29, 1.82) is 5.26 Å². The maximum absolute atomic E-state index is 9.57. The molecule has 1 saturated heterocycles. The summed E-state index contributed by atoms with van der Waals surface area (Å²) in [7, 11) is 0. The van der Waals surface area contributed by atoms with E-state index in [9.17, 15) is 5.11 Å². The molecule has 4 nitrogen and oxygen atoms in total. The lowest BCUT2D eigenvalue weighted by atomic mass is 10.1. The van der Waals surface area contributed by atoms with Gasteiger partial charge in [-0.2, -0.15) is 5.26 Å². The lowest BCUT2D eigenvalue weighted by Gasteiger charge is -2.29. The third-order valence-corrected chi connectivity index (χ3v) is 3.36. The fourth-order valence-electron chi connectivity index (χ4n) is 2.32. The minimum Gasteiger partial charge on any atom is -0.492 e. The molecule has 0 bridgehead atoms. The highest BCUT2D eigenvalue weighted by atomic mass is 16.5. The Balaban J connectivity index is 1.71. The smallest absolute Gasteiger partial charge is 0.119 e. The highest BCUT2D eigenvalue weighted by Gasteiger charge is 2.16. The summed E-state index contributed by atoms with van der Waals surface area (Å²) in [6.45, 7) is 3.27. The lowest BCUT2D eigenvalue weighted by molar-refractivity contribution is 0.0633. The fraction of sp³-hybridized carbons (Fsp3) is 0.533. The summed E-state index contributed by atoms with van der Waals surface area (Å²) < 4.78 is 5.67. The second-order valence-corrected chi connectivity index (χ2v) is 4.92. The van der Waals surface area contributed by atoms with Crippen molar-refractivity contribution in [3.05, 3.63) is 29.8 Å². The molecule has 0 saturated carbocycles. The Labute approximate surface area is 114 Å². The number of hydrogen-bond donors (Lipinski definition) is 1. The number of rotatable bonds is 5. The molecule has 0 aromatic heterocycles. The minimum atomic E-state index is -0.181. The molecule has 0 amide bonds. The molecule has 1 aliphatic heterocycles. The monoisotopic (exact) mass is 260 g/mol. The van der Waals surface area contributed by atoms with Crippen LogP contribution in [-0.4, -0.2) is 42.4 Å². The van der Waals surface area contributed by atoms with E-state index >= 15 is 0 Å². The molecule has 1 unspecified atom stereocenters. The van der Waals surface area contributed by atoms with Crippen LogP contribution in [-0.2, 0) is 6.42 Å². The van der Waals surface area contributed by atoms with Crippen LogP contribution < -0.4 is 4.74 Å². The normalized spacial score (nSPS) is 19.9. The van der Waals surface area contributed by atoms with Gasteiger partial charge in [-0.25, -0.2) is 0 Å². The first kappa shape index (κ1) is 13.9. The van der Waals surface area contributed by atoms with Crippen LogP contribution in [0.15, 0.2) is 24.3 Å². The molecule has 102 valence electrons. The molecule has 1 aromatic rings. The summed E-state index contributed by atoms with van der Waals surface area (Å²) in [6.07, 6.45) is 2.23. The second kappa shape index (κ2) is 7.13. The Hall–Kier alpha value is -1.57. The molecule has 2 rings (SSSR count). The predicted octanol–water partition coefficient (Wildman–Crippen LogP) is 1.59. The molecule has 1 aromatic carbocycles. The Kier molecular flexibility index (Phi) is 5.20. The van der Waals surface area contributed by atoms with Gasteiger partial charge in [-0.1, -0.05) is 12.1 Å². The van der Waals surface area contributed by atoms with Crippen molar-refractivity contribution in [2.45, 2.75) is 25.4 Å². The van der Waals surface area contributed by atoms with Gasteiger partial charge >= 0.3 is 0 Å². The van der Waals surface area contributed by atoms with Crippen LogP contribution in [0.2, 0.25) is 0 Å². The number of β-amino-alcohol motifs (C(OH)–C–C–N with tert-alkyl or cyclic N) is 1. The Morgan fingerprint density at radius 2 is 2.16 bits per heavy atom. The highest BCUT2D eigenvalue weighted by Crippen LogP contribution is 2.13. The van der Waals surface area contributed by atoms with Crippen molar-refractivity contribution < 1.29 is 9.84 Å². The lowest BCUT2D eigenvalue weighted by Crippen LogP contribution is -2.40. The van der Waals surface area contributed by atoms with Gasteiger partial charge in [-0.15, -0.1) is 0 Å². The zero-order valence-electron chi connectivity index (χ0n) is 11.1. The van der Waals surface area contributed by atoms with Crippen LogP contribution in [0.5, 0.6) is 5.75 Å². The molecule has 1 fully saturated rings. The summed E-state index contributed by atoms with van der Waals surface area (Å²) >= 11 is 0. The van der Waals surface area contributed by atoms with Gasteiger partial charge in [0.1, 0.15) is 12.4 Å². The van der Waals surface area contributed by atoms with E-state index in [1.165, 1.54) is 0 Å². The molecule has 1 heterocycles. The highest BCUT2D eigenvalue weighted by molar-refractivity contribution is 5.28. The number of benzene rings is 1. The number of ether oxygens (including phenoxy) is 1. The molecule has 1 aliphatic rings. The maximum Gasteiger partial charge on any atom is 0.119 e. The van der Waals surface area contributed by atoms with Crippen molar-refractivity contribution in [2.75, 3.05) is 26.2 Å². The van der Waals surface area contributed by atoms with Crippen molar-refractivity contribution in [3.8, 4) is 11.8 Å². The maximum atomic E-state index is 9.57. The third-order valence-electron chi connectivity index (χ3n) is 3.36. The summed E-state index contributed by atoms with van der Waals surface area (Å²) in [5.41, 5.74) is 1.01. The van der Waals surface area contributed by atoms with Crippen molar-refractivity contribution in [2.24, 2.45) is 0 Å². The predicted molar refractivity (Wildman–Crippen MR) is 72.9 cm³/mol. The Bertz CT molecular complexity index is 425. The number of aliphatic hydroxyl groups is 1. The minimum absolute atomic E-state index is 0.181. The summed E-state index contributed by atoms with van der Waals surface area (Å²) in [5, 5.41) is 18.2. The molecule has 4 heteroatoms. The second-order valence-electron chi connectivity index (χ2n) is 4.92. The van der Waals surface area contributed by atoms with Gasteiger partial charge in [0.05, 0.1) is 18.6 Å². The SMILES string of the molecule is N#CCc1ccc(OCCN2CCCC(O)C2)cc1. The van der Waals surface area contributed by atoms with Gasteiger partial charge in [-0.3, -0.25) is 4.90 Å². The Morgan fingerprint density at radius 1 is 1.37 bits per heavy atom. The van der Waals surface area contributed by atoms with Crippen molar-refractivity contribution in [3.63, 3.8) is 0 Å². The van der Waals surface area contributed by atoms with Gasteiger partial charge in [0.25, 0.3) is 0 Å². The number of hydrogen-bond acceptors (Lipinski definition) is 4. The topological polar surface area (TPSA) is 56.5 Å². The average Bonchev–Trinajstić information content (AvgIpc) is 2.41. The van der Waals surface area contributed by atoms with E-state index in [4.69, 9.17) is 10.00 Å². The molecule has 1 atom stereocenters. The molecular formula is C15H20N2O2. The summed E-state index contributed by atoms with van der Waals surface area (Å²) in [6, 6.07) is 9.76. The quantitative estimate of drug-likeness (QED) is 0.873. The van der Waals surface area contributed by atoms with E-state index in [1.807, 2.05) is 24.3 Å². The van der Waals surface area contributed by atoms with Crippen LogP contribution in [0, 0.1) is 11.3 Å². The molecule has 0 spiro atoms. The van der Waals surface area contributed by atoms with E-state index in [-0.39, 0.29) is 6.10 Å². The molecular weight excluding hydrogens is 240 g/mol. The van der Waals surface area contributed by atoms with Gasteiger partial charge in [-0.05, 0) is 37.1 Å². The van der Waals surface area contributed by atoms with Crippen LogP contribution in [0.25, 0.3) is 0 Å². The van der Waals surface area contributed by atoms with E-state index in [1.54, 1.807) is 0 Å². The number of likely N-dealkylation sites (tertiary alicyclic amines) is 1. The van der Waals surface area contributed by atoms with Crippen LogP contribution in [0.1, 0.15) is 18.4 Å². The van der Waals surface area contributed by atoms with Gasteiger partial charge < -0.3 is 9.84 Å². The fourth-order valence-corrected chi connectivity index (χ4v) is 2.32. The van der Waals surface area contributed by atoms with Crippen LogP contribution in [0.3, 0.4) is 0 Å². The first-order valence-electron chi connectivity index (χ1n) is 6.77. The third kappa shape index (κ3) is 4.55. The summed E-state index contributed by atoms with van der Waals surface area (Å²) in [4.78, 5) is 2.23. The van der Waals surface area contributed by atoms with Crippen molar-refractivity contribution >= 4 is 0 Å². The number of nitriles is 1. The number of piperidine rings is 1. The van der Waals surface area contributed by atoms with E-state index in [0.717, 1.165) is 43.8 Å². The number of aliphatic hydroxyl groups excluding tert-OH is 1. The number of nitrogens with zero attached hydrogens (tertiary/aromatic N) is 2. The first-order valence-corrected chi connectivity index (χ1v) is 6.77. The average molecular weight is 260 g/mol.